The van der Waals surface area contributed by atoms with Crippen LogP contribution in [0.4, 0.5) is 4.39 Å². The Morgan fingerprint density at radius 2 is 2.31 bits per heavy atom. The van der Waals surface area contributed by atoms with E-state index in [0.29, 0.717) is 6.61 Å². The molecule has 1 fully saturated rings. The topological polar surface area (TPSA) is 18.5 Å². The van der Waals surface area contributed by atoms with Crippen LogP contribution in [0.3, 0.4) is 0 Å². The molecule has 2 rings (SSSR count). The maximum Gasteiger partial charge on any atom is 0.158 e. The molecule has 1 aliphatic heterocycles. The van der Waals surface area contributed by atoms with E-state index >= 15 is 0 Å². The van der Waals surface area contributed by atoms with Crippen molar-refractivity contribution in [2.24, 2.45) is 0 Å². The summed E-state index contributed by atoms with van der Waals surface area (Å²) < 4.78 is 24.7. The Labute approximate surface area is 103 Å². The third-order valence-electron chi connectivity index (χ3n) is 2.58. The van der Waals surface area contributed by atoms with Gasteiger partial charge in [0.25, 0.3) is 0 Å². The van der Waals surface area contributed by atoms with Crippen molar-refractivity contribution in [3.8, 4) is 0 Å². The summed E-state index contributed by atoms with van der Waals surface area (Å²) in [6, 6.07) is 4.61. The van der Waals surface area contributed by atoms with Gasteiger partial charge in [-0.15, -0.1) is 0 Å². The van der Waals surface area contributed by atoms with E-state index in [2.05, 4.69) is 15.9 Å². The molecular formula is C12H14BrFO2. The van der Waals surface area contributed by atoms with Crippen molar-refractivity contribution in [3.63, 3.8) is 0 Å². The van der Waals surface area contributed by atoms with Crippen molar-refractivity contribution in [2.75, 3.05) is 6.61 Å². The number of hydrogen-bond acceptors (Lipinski definition) is 2. The minimum Gasteiger partial charge on any atom is -0.353 e. The maximum absolute atomic E-state index is 12.8. The fourth-order valence-corrected chi connectivity index (χ4v) is 2.13. The van der Waals surface area contributed by atoms with Gasteiger partial charge in [0.15, 0.2) is 6.29 Å². The molecular weight excluding hydrogens is 275 g/mol. The van der Waals surface area contributed by atoms with Crippen molar-refractivity contribution < 1.29 is 13.9 Å². The van der Waals surface area contributed by atoms with Crippen LogP contribution >= 0.6 is 15.9 Å². The van der Waals surface area contributed by atoms with Crippen LogP contribution < -0.4 is 0 Å². The van der Waals surface area contributed by atoms with E-state index in [4.69, 9.17) is 9.47 Å². The van der Waals surface area contributed by atoms with Crippen LogP contribution in [0.15, 0.2) is 22.7 Å². The quantitative estimate of drug-likeness (QED) is 0.846. The lowest BCUT2D eigenvalue weighted by Gasteiger charge is -2.22. The summed E-state index contributed by atoms with van der Waals surface area (Å²) in [5.74, 6) is -0.246. The van der Waals surface area contributed by atoms with Crippen LogP contribution in [0.2, 0.25) is 0 Å². The van der Waals surface area contributed by atoms with Gasteiger partial charge in [-0.3, -0.25) is 0 Å². The lowest BCUT2D eigenvalue weighted by Crippen LogP contribution is -2.22. The third kappa shape index (κ3) is 3.27. The summed E-state index contributed by atoms with van der Waals surface area (Å²) in [7, 11) is 0. The number of hydrogen-bond donors (Lipinski definition) is 0. The first-order chi connectivity index (χ1) is 7.75. The minimum absolute atomic E-state index is 0.106. The van der Waals surface area contributed by atoms with Gasteiger partial charge < -0.3 is 9.47 Å². The molecule has 88 valence electrons. The Morgan fingerprint density at radius 3 is 3.00 bits per heavy atom. The molecule has 0 aliphatic carbocycles. The predicted molar refractivity (Wildman–Crippen MR) is 62.5 cm³/mol. The Kier molecular flexibility index (Phi) is 4.32. The van der Waals surface area contributed by atoms with Gasteiger partial charge in [-0.1, -0.05) is 22.0 Å². The Bertz CT molecular complexity index is 351. The van der Waals surface area contributed by atoms with E-state index in [-0.39, 0.29) is 12.1 Å². The number of halogens is 2. The van der Waals surface area contributed by atoms with Gasteiger partial charge in [0, 0.05) is 11.1 Å². The average molecular weight is 289 g/mol. The molecule has 0 N–H and O–H groups in total. The van der Waals surface area contributed by atoms with Gasteiger partial charge in [-0.2, -0.15) is 0 Å². The molecule has 1 saturated heterocycles. The average Bonchev–Trinajstić information content (AvgIpc) is 2.29. The summed E-state index contributed by atoms with van der Waals surface area (Å²) in [4.78, 5) is 0. The van der Waals surface area contributed by atoms with Gasteiger partial charge in [-0.25, -0.2) is 4.39 Å². The van der Waals surface area contributed by atoms with E-state index < -0.39 is 0 Å². The van der Waals surface area contributed by atoms with E-state index in [0.717, 1.165) is 35.9 Å². The van der Waals surface area contributed by atoms with Crippen LogP contribution in [0.1, 0.15) is 24.8 Å². The number of benzene rings is 1. The van der Waals surface area contributed by atoms with E-state index in [1.165, 1.54) is 12.1 Å². The molecule has 0 radical (unpaired) electrons. The number of rotatable bonds is 3. The predicted octanol–water partition coefficient (Wildman–Crippen LogP) is 3.63. The summed E-state index contributed by atoms with van der Waals surface area (Å²) in [5, 5.41) is 0. The van der Waals surface area contributed by atoms with Gasteiger partial charge >= 0.3 is 0 Å². The monoisotopic (exact) mass is 288 g/mol. The second-order valence-corrected chi connectivity index (χ2v) is 4.70. The SMILES string of the molecule is Fc1ccc(COC2CCCCO2)c(Br)c1. The molecule has 1 aromatic carbocycles. The standard InChI is InChI=1S/C12H14BrFO2/c13-11-7-10(14)5-4-9(11)8-16-12-3-1-2-6-15-12/h4-5,7,12H,1-3,6,8H2. The highest BCUT2D eigenvalue weighted by atomic mass is 79.9. The third-order valence-corrected chi connectivity index (χ3v) is 3.32. The normalized spacial score (nSPS) is 21.0. The molecule has 2 nitrogen and oxygen atoms in total. The van der Waals surface area contributed by atoms with Gasteiger partial charge in [0.2, 0.25) is 0 Å². The van der Waals surface area contributed by atoms with Crippen molar-refractivity contribution in [1.29, 1.82) is 0 Å². The van der Waals surface area contributed by atoms with Crippen LogP contribution in [0.5, 0.6) is 0 Å². The highest BCUT2D eigenvalue weighted by Crippen LogP contribution is 2.21. The molecule has 0 saturated carbocycles. The molecule has 1 aliphatic rings. The molecule has 0 amide bonds. The van der Waals surface area contributed by atoms with E-state index in [1.54, 1.807) is 6.07 Å². The molecule has 0 bridgehead atoms. The van der Waals surface area contributed by atoms with Crippen molar-refractivity contribution in [2.45, 2.75) is 32.2 Å². The largest absolute Gasteiger partial charge is 0.353 e. The Balaban J connectivity index is 1.88. The van der Waals surface area contributed by atoms with Crippen molar-refractivity contribution >= 4 is 15.9 Å². The van der Waals surface area contributed by atoms with Crippen LogP contribution in [-0.4, -0.2) is 12.9 Å². The lowest BCUT2D eigenvalue weighted by atomic mass is 10.2. The summed E-state index contributed by atoms with van der Waals surface area (Å²) >= 11 is 3.31. The molecule has 0 aromatic heterocycles. The molecule has 0 spiro atoms. The lowest BCUT2D eigenvalue weighted by molar-refractivity contribution is -0.169. The molecule has 1 unspecified atom stereocenters. The molecule has 1 aromatic rings. The zero-order valence-electron chi connectivity index (χ0n) is 8.92. The van der Waals surface area contributed by atoms with Gasteiger partial charge in [0.1, 0.15) is 5.82 Å². The maximum atomic E-state index is 12.8. The number of ether oxygens (including phenoxy) is 2. The fourth-order valence-electron chi connectivity index (χ4n) is 1.66. The van der Waals surface area contributed by atoms with Crippen LogP contribution in [0, 0.1) is 5.82 Å². The molecule has 16 heavy (non-hydrogen) atoms. The second-order valence-electron chi connectivity index (χ2n) is 3.84. The zero-order valence-corrected chi connectivity index (χ0v) is 10.5. The fraction of sp³-hybridized carbons (Fsp3) is 0.500. The summed E-state index contributed by atoms with van der Waals surface area (Å²) in [6.45, 7) is 1.22. The van der Waals surface area contributed by atoms with Crippen molar-refractivity contribution in [1.82, 2.24) is 0 Å². The van der Waals surface area contributed by atoms with Gasteiger partial charge in [-0.05, 0) is 37.0 Å². The van der Waals surface area contributed by atoms with E-state index in [9.17, 15) is 4.39 Å². The first kappa shape index (κ1) is 12.0. The van der Waals surface area contributed by atoms with Crippen LogP contribution in [0.25, 0.3) is 0 Å². The smallest absolute Gasteiger partial charge is 0.158 e. The Morgan fingerprint density at radius 1 is 1.44 bits per heavy atom. The van der Waals surface area contributed by atoms with Crippen LogP contribution in [-0.2, 0) is 16.1 Å². The molecule has 1 heterocycles. The minimum atomic E-state index is -0.246. The highest BCUT2D eigenvalue weighted by molar-refractivity contribution is 9.10. The second kappa shape index (κ2) is 5.75. The first-order valence-corrected chi connectivity index (χ1v) is 6.22. The zero-order chi connectivity index (χ0) is 11.4. The molecule has 1 atom stereocenters. The first-order valence-electron chi connectivity index (χ1n) is 5.43. The van der Waals surface area contributed by atoms with Gasteiger partial charge in [0.05, 0.1) is 6.61 Å². The van der Waals surface area contributed by atoms with E-state index in [1.807, 2.05) is 0 Å². The summed E-state index contributed by atoms with van der Waals surface area (Å²) in [6.07, 6.45) is 3.10. The molecule has 4 heteroatoms. The Hall–Kier alpha value is -0.450. The summed E-state index contributed by atoms with van der Waals surface area (Å²) in [5.41, 5.74) is 0.940. The van der Waals surface area contributed by atoms with Crippen molar-refractivity contribution in [3.05, 3.63) is 34.1 Å². The highest BCUT2D eigenvalue weighted by Gasteiger charge is 2.14.